The summed E-state index contributed by atoms with van der Waals surface area (Å²) in [7, 11) is 2.07. The number of rotatable bonds is 5. The number of likely N-dealkylation sites (N-methyl/N-ethyl adjacent to an activating group) is 1. The van der Waals surface area contributed by atoms with Crippen molar-refractivity contribution in [2.24, 2.45) is 0 Å². The van der Waals surface area contributed by atoms with Crippen molar-refractivity contribution in [1.82, 2.24) is 39.3 Å². The van der Waals surface area contributed by atoms with Crippen LogP contribution in [-0.4, -0.2) is 66.1 Å². The highest BCUT2D eigenvalue weighted by atomic mass is 16.1. The van der Waals surface area contributed by atoms with Crippen LogP contribution < -0.4 is 11.1 Å². The van der Waals surface area contributed by atoms with Gasteiger partial charge in [0.1, 0.15) is 11.3 Å². The SMILES string of the molecule is Cc1ccn(-c2nc(N)c(C(=O)NC[C@@H]3CCCN3C)nc2-c2ccc3ncc(C)n3c2)n1. The number of carbonyl (C=O) groups excluding carboxylic acids is 1. The van der Waals surface area contributed by atoms with Crippen LogP contribution in [0.15, 0.2) is 36.8 Å². The van der Waals surface area contributed by atoms with Gasteiger partial charge in [-0.1, -0.05) is 0 Å². The number of nitrogens with two attached hydrogens (primary N) is 1. The van der Waals surface area contributed by atoms with Crippen molar-refractivity contribution in [3.63, 3.8) is 0 Å². The molecule has 0 unspecified atom stereocenters. The summed E-state index contributed by atoms with van der Waals surface area (Å²) in [5.41, 5.74) is 10.3. The third-order valence-corrected chi connectivity index (χ3v) is 6.19. The number of nitrogen functional groups attached to an aromatic ring is 1. The molecule has 0 aromatic carbocycles. The first kappa shape index (κ1) is 21.1. The van der Waals surface area contributed by atoms with E-state index >= 15 is 0 Å². The van der Waals surface area contributed by atoms with Gasteiger partial charge in [0.2, 0.25) is 0 Å². The van der Waals surface area contributed by atoms with E-state index in [9.17, 15) is 4.79 Å². The number of likely N-dealkylation sites (tertiary alicyclic amines) is 1. The Morgan fingerprint density at radius 3 is 2.82 bits per heavy atom. The monoisotopic (exact) mass is 445 g/mol. The Hall–Kier alpha value is -3.79. The number of nitrogens with zero attached hydrogens (tertiary/aromatic N) is 7. The summed E-state index contributed by atoms with van der Waals surface area (Å²) >= 11 is 0. The van der Waals surface area contributed by atoms with Crippen molar-refractivity contribution in [3.05, 3.63) is 53.9 Å². The average Bonchev–Trinajstić information content (AvgIpc) is 3.52. The van der Waals surface area contributed by atoms with Gasteiger partial charge in [0.05, 0.1) is 5.69 Å². The largest absolute Gasteiger partial charge is 0.382 e. The maximum absolute atomic E-state index is 13.0. The molecule has 1 aliphatic heterocycles. The van der Waals surface area contributed by atoms with E-state index in [1.807, 2.05) is 48.8 Å². The van der Waals surface area contributed by atoms with E-state index in [0.29, 0.717) is 24.1 Å². The van der Waals surface area contributed by atoms with Crippen molar-refractivity contribution >= 4 is 17.4 Å². The van der Waals surface area contributed by atoms with E-state index < -0.39 is 0 Å². The highest BCUT2D eigenvalue weighted by Crippen LogP contribution is 2.26. The molecule has 10 heteroatoms. The van der Waals surface area contributed by atoms with Gasteiger partial charge in [-0.25, -0.2) is 19.6 Å². The quantitative estimate of drug-likeness (QED) is 0.482. The zero-order valence-electron chi connectivity index (χ0n) is 19.0. The summed E-state index contributed by atoms with van der Waals surface area (Å²) in [5, 5.41) is 7.47. The van der Waals surface area contributed by atoms with Crippen LogP contribution in [0.2, 0.25) is 0 Å². The van der Waals surface area contributed by atoms with Crippen LogP contribution in [0.4, 0.5) is 5.82 Å². The third kappa shape index (κ3) is 3.93. The van der Waals surface area contributed by atoms with Gasteiger partial charge in [-0.2, -0.15) is 5.10 Å². The molecule has 0 bridgehead atoms. The number of nitrogens with one attached hydrogen (secondary N) is 1. The highest BCUT2D eigenvalue weighted by molar-refractivity contribution is 5.97. The molecule has 10 nitrogen and oxygen atoms in total. The first-order chi connectivity index (χ1) is 15.9. The van der Waals surface area contributed by atoms with Crippen LogP contribution in [0.3, 0.4) is 0 Å². The number of hydrogen-bond acceptors (Lipinski definition) is 7. The Labute approximate surface area is 191 Å². The van der Waals surface area contributed by atoms with Crippen molar-refractivity contribution in [2.75, 3.05) is 25.9 Å². The molecule has 0 aliphatic carbocycles. The molecule has 5 heterocycles. The second-order valence-electron chi connectivity index (χ2n) is 8.56. The summed E-state index contributed by atoms with van der Waals surface area (Å²) in [6.07, 6.45) is 7.75. The zero-order chi connectivity index (χ0) is 23.1. The first-order valence-corrected chi connectivity index (χ1v) is 11.0. The molecule has 4 aromatic heterocycles. The highest BCUT2D eigenvalue weighted by Gasteiger charge is 2.24. The van der Waals surface area contributed by atoms with Gasteiger partial charge in [0.25, 0.3) is 5.91 Å². The predicted molar refractivity (Wildman–Crippen MR) is 125 cm³/mol. The molecule has 1 amide bonds. The summed E-state index contributed by atoms with van der Waals surface area (Å²) in [6, 6.07) is 6.02. The Balaban J connectivity index is 1.57. The van der Waals surface area contributed by atoms with Crippen molar-refractivity contribution in [2.45, 2.75) is 32.7 Å². The van der Waals surface area contributed by atoms with E-state index in [4.69, 9.17) is 10.7 Å². The van der Waals surface area contributed by atoms with Crippen LogP contribution in [-0.2, 0) is 0 Å². The minimum absolute atomic E-state index is 0.0686. The number of fused-ring (bicyclic) bond motifs is 1. The Morgan fingerprint density at radius 1 is 1.24 bits per heavy atom. The fourth-order valence-corrected chi connectivity index (χ4v) is 4.27. The molecule has 0 saturated carbocycles. The van der Waals surface area contributed by atoms with Crippen LogP contribution in [0.25, 0.3) is 22.7 Å². The maximum Gasteiger partial charge on any atom is 0.273 e. The minimum Gasteiger partial charge on any atom is -0.382 e. The zero-order valence-corrected chi connectivity index (χ0v) is 19.0. The molecule has 1 atom stereocenters. The number of aromatic nitrogens is 6. The lowest BCUT2D eigenvalue weighted by molar-refractivity contribution is 0.0939. The molecule has 0 spiro atoms. The second-order valence-corrected chi connectivity index (χ2v) is 8.56. The smallest absolute Gasteiger partial charge is 0.273 e. The Bertz CT molecular complexity index is 1340. The molecular formula is C23H27N9O. The van der Waals surface area contributed by atoms with Gasteiger partial charge in [-0.05, 0) is 58.5 Å². The van der Waals surface area contributed by atoms with Crippen LogP contribution in [0.5, 0.6) is 0 Å². The van der Waals surface area contributed by atoms with Crippen molar-refractivity contribution in [1.29, 1.82) is 0 Å². The lowest BCUT2D eigenvalue weighted by Gasteiger charge is -2.20. The summed E-state index contributed by atoms with van der Waals surface area (Å²) in [6.45, 7) is 5.47. The number of carbonyl (C=O) groups is 1. The lowest BCUT2D eigenvalue weighted by atomic mass is 10.2. The maximum atomic E-state index is 13.0. The number of imidazole rings is 1. The van der Waals surface area contributed by atoms with Crippen molar-refractivity contribution < 1.29 is 4.79 Å². The Morgan fingerprint density at radius 2 is 2.09 bits per heavy atom. The standard InChI is InChI=1S/C23H27N9O/c1-14-8-10-32(29-14)22-19(16-6-7-18-25-11-15(2)31(18)13-16)27-20(21(24)28-22)23(33)26-12-17-5-4-9-30(17)3/h6-8,10-11,13,17H,4-5,9,12H2,1-3H3,(H2,24,28)(H,26,33)/t17-/m0/s1. The van der Waals surface area contributed by atoms with E-state index in [1.54, 1.807) is 10.9 Å². The number of hydrogen-bond donors (Lipinski definition) is 2. The molecule has 170 valence electrons. The van der Waals surface area contributed by atoms with E-state index in [1.165, 1.54) is 0 Å². The molecule has 1 aliphatic rings. The van der Waals surface area contributed by atoms with Gasteiger partial charge in [-0.15, -0.1) is 0 Å². The van der Waals surface area contributed by atoms with E-state index in [0.717, 1.165) is 42.0 Å². The Kier molecular flexibility index (Phi) is 5.29. The summed E-state index contributed by atoms with van der Waals surface area (Å²) in [5.74, 6) is 0.202. The fourth-order valence-electron chi connectivity index (χ4n) is 4.27. The van der Waals surface area contributed by atoms with Crippen LogP contribution in [0.1, 0.15) is 34.7 Å². The normalized spacial score (nSPS) is 16.5. The third-order valence-electron chi connectivity index (χ3n) is 6.19. The molecule has 1 fully saturated rings. The molecular weight excluding hydrogens is 418 g/mol. The number of pyridine rings is 1. The molecule has 3 N–H and O–H groups in total. The summed E-state index contributed by atoms with van der Waals surface area (Å²) in [4.78, 5) is 28.9. The van der Waals surface area contributed by atoms with E-state index in [2.05, 4.69) is 32.3 Å². The molecule has 33 heavy (non-hydrogen) atoms. The van der Waals surface area contributed by atoms with Gasteiger partial charge in [0, 0.05) is 42.4 Å². The molecule has 1 saturated heterocycles. The second kappa shape index (κ2) is 8.28. The number of anilines is 1. The van der Waals surface area contributed by atoms with Gasteiger partial charge in [0.15, 0.2) is 17.3 Å². The van der Waals surface area contributed by atoms with Gasteiger partial charge < -0.3 is 20.4 Å². The first-order valence-electron chi connectivity index (χ1n) is 11.0. The molecule has 5 rings (SSSR count). The minimum atomic E-state index is -0.329. The number of amides is 1. The van der Waals surface area contributed by atoms with Gasteiger partial charge >= 0.3 is 0 Å². The molecule has 4 aromatic rings. The van der Waals surface area contributed by atoms with E-state index in [-0.39, 0.29) is 17.4 Å². The van der Waals surface area contributed by atoms with Gasteiger partial charge in [-0.3, -0.25) is 4.79 Å². The van der Waals surface area contributed by atoms with Crippen LogP contribution >= 0.6 is 0 Å². The summed E-state index contributed by atoms with van der Waals surface area (Å²) < 4.78 is 3.61. The lowest BCUT2D eigenvalue weighted by Crippen LogP contribution is -2.38. The predicted octanol–water partition coefficient (Wildman–Crippen LogP) is 2.00. The fraction of sp³-hybridized carbons (Fsp3) is 0.348. The van der Waals surface area contributed by atoms with Crippen molar-refractivity contribution in [3.8, 4) is 17.1 Å². The van der Waals surface area contributed by atoms with Crippen LogP contribution in [0, 0.1) is 13.8 Å². The topological polar surface area (TPSA) is 119 Å². The number of aryl methyl sites for hydroxylation is 2. The molecule has 0 radical (unpaired) electrons. The average molecular weight is 446 g/mol.